The van der Waals surface area contributed by atoms with Crippen LogP contribution in [0.1, 0.15) is 17.2 Å². The van der Waals surface area contributed by atoms with Gasteiger partial charge in [0.15, 0.2) is 0 Å². The van der Waals surface area contributed by atoms with Gasteiger partial charge in [-0.15, -0.1) is 0 Å². The van der Waals surface area contributed by atoms with Gasteiger partial charge in [-0.05, 0) is 29.3 Å². The first-order valence-corrected chi connectivity index (χ1v) is 12.5. The Labute approximate surface area is 211 Å². The molecule has 0 amide bonds. The molecule has 1 aliphatic heterocycles. The first-order chi connectivity index (χ1) is 17.2. The fourth-order valence-corrected chi connectivity index (χ4v) is 5.13. The molecular formula is C29H30ClN3O2. The van der Waals surface area contributed by atoms with Crippen LogP contribution in [0.4, 0.5) is 0 Å². The number of fused-ring (bicyclic) bond motifs is 1. The summed E-state index contributed by atoms with van der Waals surface area (Å²) in [4.78, 5) is 9.20. The van der Waals surface area contributed by atoms with E-state index in [1.807, 2.05) is 18.2 Å². The molecule has 180 valence electrons. The molecule has 1 aromatic heterocycles. The number of aliphatic hydroxyl groups excluding tert-OH is 1. The summed E-state index contributed by atoms with van der Waals surface area (Å²) in [5.74, 6) is 0.651. The second-order valence-corrected chi connectivity index (χ2v) is 9.38. The fourth-order valence-electron chi connectivity index (χ4n) is 4.88. The molecule has 1 fully saturated rings. The molecule has 6 heteroatoms. The van der Waals surface area contributed by atoms with Crippen molar-refractivity contribution in [1.29, 1.82) is 0 Å². The molecule has 0 radical (unpaired) electrons. The SMILES string of the molecule is OC(COc1cccc2nccc(Cl)c12)CN1CCN(C(c2ccccc2)c2ccccc2)CC1. The van der Waals surface area contributed by atoms with E-state index in [4.69, 9.17) is 16.3 Å². The Kier molecular flexibility index (Phi) is 7.60. The molecule has 3 aromatic carbocycles. The van der Waals surface area contributed by atoms with Gasteiger partial charge in [-0.3, -0.25) is 14.8 Å². The minimum absolute atomic E-state index is 0.210. The van der Waals surface area contributed by atoms with Crippen LogP contribution in [0.2, 0.25) is 5.02 Å². The maximum absolute atomic E-state index is 10.7. The number of hydrogen-bond acceptors (Lipinski definition) is 5. The Bertz CT molecular complexity index is 1190. The number of nitrogens with zero attached hydrogens (tertiary/aromatic N) is 3. The van der Waals surface area contributed by atoms with Crippen LogP contribution in [0.25, 0.3) is 10.9 Å². The number of β-amino-alcohol motifs (C(OH)–C–C–N with tert-alkyl or cyclic N) is 1. The van der Waals surface area contributed by atoms with Crippen molar-refractivity contribution in [3.8, 4) is 5.75 Å². The van der Waals surface area contributed by atoms with Gasteiger partial charge in [-0.1, -0.05) is 78.3 Å². The molecule has 5 nitrogen and oxygen atoms in total. The molecular weight excluding hydrogens is 458 g/mol. The number of halogens is 1. The normalized spacial score (nSPS) is 16.0. The number of ether oxygens (including phenoxy) is 1. The van der Waals surface area contributed by atoms with Gasteiger partial charge in [0, 0.05) is 38.9 Å². The molecule has 1 atom stereocenters. The van der Waals surface area contributed by atoms with Gasteiger partial charge in [0.2, 0.25) is 0 Å². The molecule has 0 aliphatic carbocycles. The highest BCUT2D eigenvalue weighted by molar-refractivity contribution is 6.35. The maximum Gasteiger partial charge on any atom is 0.130 e. The van der Waals surface area contributed by atoms with Crippen LogP contribution in [-0.2, 0) is 0 Å². The summed E-state index contributed by atoms with van der Waals surface area (Å²) in [5, 5.41) is 12.1. The van der Waals surface area contributed by atoms with Crippen LogP contribution in [0.5, 0.6) is 5.75 Å². The molecule has 1 unspecified atom stereocenters. The lowest BCUT2D eigenvalue weighted by Gasteiger charge is -2.40. The summed E-state index contributed by atoms with van der Waals surface area (Å²) in [5.41, 5.74) is 3.40. The van der Waals surface area contributed by atoms with Crippen molar-refractivity contribution in [2.45, 2.75) is 12.1 Å². The number of rotatable bonds is 8. The predicted octanol–water partition coefficient (Wildman–Crippen LogP) is 5.04. The van der Waals surface area contributed by atoms with E-state index in [0.717, 1.165) is 37.1 Å². The van der Waals surface area contributed by atoms with Gasteiger partial charge in [0.05, 0.1) is 22.0 Å². The zero-order valence-electron chi connectivity index (χ0n) is 19.6. The molecule has 1 N–H and O–H groups in total. The Balaban J connectivity index is 1.18. The third-order valence-corrected chi connectivity index (χ3v) is 6.90. The van der Waals surface area contributed by atoms with E-state index in [-0.39, 0.29) is 12.6 Å². The van der Waals surface area contributed by atoms with Crippen LogP contribution in [0.3, 0.4) is 0 Å². The van der Waals surface area contributed by atoms with E-state index in [9.17, 15) is 5.11 Å². The van der Waals surface area contributed by atoms with Gasteiger partial charge in [-0.25, -0.2) is 0 Å². The lowest BCUT2D eigenvalue weighted by molar-refractivity contribution is 0.0404. The number of benzene rings is 3. The van der Waals surface area contributed by atoms with Crippen LogP contribution in [0, 0.1) is 0 Å². The van der Waals surface area contributed by atoms with Crippen molar-refractivity contribution in [2.75, 3.05) is 39.3 Å². The maximum atomic E-state index is 10.7. The highest BCUT2D eigenvalue weighted by Gasteiger charge is 2.27. The third kappa shape index (κ3) is 5.65. The standard InChI is InChI=1S/C29H30ClN3O2/c30-25-14-15-31-26-12-7-13-27(28(25)26)35-21-24(34)20-32-16-18-33(19-17-32)29(22-8-3-1-4-9-22)23-10-5-2-6-11-23/h1-15,24,29,34H,16-21H2. The second-order valence-electron chi connectivity index (χ2n) is 8.97. The molecule has 0 saturated carbocycles. The number of aromatic nitrogens is 1. The van der Waals surface area contributed by atoms with Crippen LogP contribution >= 0.6 is 11.6 Å². The van der Waals surface area contributed by atoms with E-state index in [0.29, 0.717) is 17.3 Å². The van der Waals surface area contributed by atoms with Gasteiger partial charge in [0.25, 0.3) is 0 Å². The largest absolute Gasteiger partial charge is 0.490 e. The first-order valence-electron chi connectivity index (χ1n) is 12.1. The molecule has 4 aromatic rings. The van der Waals surface area contributed by atoms with Gasteiger partial charge in [0.1, 0.15) is 18.5 Å². The Morgan fingerprint density at radius 1 is 0.829 bits per heavy atom. The number of aliphatic hydroxyl groups is 1. The smallest absolute Gasteiger partial charge is 0.130 e. The van der Waals surface area contributed by atoms with Crippen molar-refractivity contribution in [1.82, 2.24) is 14.8 Å². The van der Waals surface area contributed by atoms with E-state index < -0.39 is 6.10 Å². The summed E-state index contributed by atoms with van der Waals surface area (Å²) in [6, 6.07) is 29.1. The minimum Gasteiger partial charge on any atom is -0.490 e. The van der Waals surface area contributed by atoms with Gasteiger partial charge >= 0.3 is 0 Å². The molecule has 1 aliphatic rings. The Morgan fingerprint density at radius 3 is 2.14 bits per heavy atom. The average molecular weight is 488 g/mol. The van der Waals surface area contributed by atoms with E-state index in [1.54, 1.807) is 12.3 Å². The second kappa shape index (κ2) is 11.2. The van der Waals surface area contributed by atoms with Crippen molar-refractivity contribution in [3.63, 3.8) is 0 Å². The molecule has 2 heterocycles. The number of hydrogen-bond donors (Lipinski definition) is 1. The van der Waals surface area contributed by atoms with Crippen molar-refractivity contribution < 1.29 is 9.84 Å². The van der Waals surface area contributed by atoms with E-state index in [1.165, 1.54) is 11.1 Å². The molecule has 1 saturated heterocycles. The van der Waals surface area contributed by atoms with Crippen LogP contribution in [-0.4, -0.2) is 65.3 Å². The van der Waals surface area contributed by atoms with Crippen LogP contribution < -0.4 is 4.74 Å². The fraction of sp³-hybridized carbons (Fsp3) is 0.276. The Morgan fingerprint density at radius 2 is 1.49 bits per heavy atom. The molecule has 35 heavy (non-hydrogen) atoms. The topological polar surface area (TPSA) is 48.8 Å². The van der Waals surface area contributed by atoms with Crippen molar-refractivity contribution >= 4 is 22.5 Å². The van der Waals surface area contributed by atoms with Crippen molar-refractivity contribution in [3.05, 3.63) is 107 Å². The highest BCUT2D eigenvalue weighted by atomic mass is 35.5. The van der Waals surface area contributed by atoms with Gasteiger partial charge < -0.3 is 9.84 Å². The highest BCUT2D eigenvalue weighted by Crippen LogP contribution is 2.31. The van der Waals surface area contributed by atoms with Gasteiger partial charge in [-0.2, -0.15) is 0 Å². The van der Waals surface area contributed by atoms with Crippen LogP contribution in [0.15, 0.2) is 91.1 Å². The molecule has 0 bridgehead atoms. The summed E-state index contributed by atoms with van der Waals surface area (Å²) in [6.45, 7) is 4.46. The zero-order chi connectivity index (χ0) is 24.0. The average Bonchev–Trinajstić information content (AvgIpc) is 2.90. The van der Waals surface area contributed by atoms with E-state index in [2.05, 4.69) is 75.4 Å². The predicted molar refractivity (Wildman–Crippen MR) is 141 cm³/mol. The molecule has 0 spiro atoms. The summed E-state index contributed by atoms with van der Waals surface area (Å²) >= 11 is 6.37. The lowest BCUT2D eigenvalue weighted by atomic mass is 9.96. The Hall–Kier alpha value is -2.96. The monoisotopic (exact) mass is 487 g/mol. The number of piperazine rings is 1. The quantitative estimate of drug-likeness (QED) is 0.377. The summed E-state index contributed by atoms with van der Waals surface area (Å²) in [6.07, 6.45) is 1.09. The number of pyridine rings is 1. The first kappa shape index (κ1) is 23.8. The minimum atomic E-state index is -0.591. The van der Waals surface area contributed by atoms with E-state index >= 15 is 0 Å². The lowest BCUT2D eigenvalue weighted by Crippen LogP contribution is -2.50. The summed E-state index contributed by atoms with van der Waals surface area (Å²) in [7, 11) is 0. The van der Waals surface area contributed by atoms with Crippen molar-refractivity contribution in [2.24, 2.45) is 0 Å². The molecule has 5 rings (SSSR count). The zero-order valence-corrected chi connectivity index (χ0v) is 20.4. The third-order valence-electron chi connectivity index (χ3n) is 6.58. The summed E-state index contributed by atoms with van der Waals surface area (Å²) < 4.78 is 5.97.